The zero-order valence-electron chi connectivity index (χ0n) is 8.95. The first-order chi connectivity index (χ1) is 8.38. The van der Waals surface area contributed by atoms with Crippen LogP contribution in [0.2, 0.25) is 0 Å². The van der Waals surface area contributed by atoms with E-state index in [0.717, 1.165) is 23.0 Å². The molecular formula is C13H9N3O. The van der Waals surface area contributed by atoms with Crippen molar-refractivity contribution < 1.29 is 4.79 Å². The highest BCUT2D eigenvalue weighted by Gasteiger charge is 2.04. The standard InChI is InChI=1S/C13H9N3O/c17-8-10-5-11(7-14-6-10)16-9-15-12-3-1-2-4-13(12)16/h1-9H. The van der Waals surface area contributed by atoms with Crippen molar-refractivity contribution in [2.75, 3.05) is 0 Å². The third-order valence-corrected chi connectivity index (χ3v) is 2.61. The quantitative estimate of drug-likeness (QED) is 0.626. The molecule has 0 N–H and O–H groups in total. The summed E-state index contributed by atoms with van der Waals surface area (Å²) in [6.07, 6.45) is 5.77. The van der Waals surface area contributed by atoms with Crippen molar-refractivity contribution >= 4 is 17.3 Å². The van der Waals surface area contributed by atoms with Crippen molar-refractivity contribution in [3.63, 3.8) is 0 Å². The number of carbonyl (C=O) groups excluding carboxylic acids is 1. The monoisotopic (exact) mass is 223 g/mol. The van der Waals surface area contributed by atoms with Gasteiger partial charge in [-0.1, -0.05) is 12.1 Å². The molecule has 3 aromatic rings. The molecule has 1 aromatic carbocycles. The predicted molar refractivity (Wildman–Crippen MR) is 64.3 cm³/mol. The van der Waals surface area contributed by atoms with Gasteiger partial charge in [-0.2, -0.15) is 0 Å². The number of rotatable bonds is 2. The van der Waals surface area contributed by atoms with Gasteiger partial charge in [0.2, 0.25) is 0 Å². The van der Waals surface area contributed by atoms with Crippen LogP contribution in [0.15, 0.2) is 49.1 Å². The first kappa shape index (κ1) is 9.72. The molecule has 82 valence electrons. The summed E-state index contributed by atoms with van der Waals surface area (Å²) in [5.74, 6) is 0. The van der Waals surface area contributed by atoms with Crippen LogP contribution in [0.3, 0.4) is 0 Å². The average molecular weight is 223 g/mol. The van der Waals surface area contributed by atoms with Crippen molar-refractivity contribution in [3.05, 3.63) is 54.6 Å². The van der Waals surface area contributed by atoms with Crippen LogP contribution in [0.4, 0.5) is 0 Å². The molecule has 0 spiro atoms. The van der Waals surface area contributed by atoms with Crippen LogP contribution in [0.5, 0.6) is 0 Å². The van der Waals surface area contributed by atoms with Crippen LogP contribution in [0, 0.1) is 0 Å². The minimum Gasteiger partial charge on any atom is -0.298 e. The second-order valence-corrected chi connectivity index (χ2v) is 3.70. The van der Waals surface area contributed by atoms with Crippen LogP contribution in [0.25, 0.3) is 16.7 Å². The maximum absolute atomic E-state index is 10.7. The number of aldehydes is 1. The first-order valence-electron chi connectivity index (χ1n) is 5.21. The normalized spacial score (nSPS) is 10.6. The number of pyridine rings is 1. The number of benzene rings is 1. The van der Waals surface area contributed by atoms with Gasteiger partial charge >= 0.3 is 0 Å². The van der Waals surface area contributed by atoms with Gasteiger partial charge in [-0.05, 0) is 18.2 Å². The Balaban J connectivity index is 2.23. The zero-order chi connectivity index (χ0) is 11.7. The predicted octanol–water partition coefficient (Wildman–Crippen LogP) is 2.23. The van der Waals surface area contributed by atoms with Crippen LogP contribution in [0.1, 0.15) is 10.4 Å². The van der Waals surface area contributed by atoms with Gasteiger partial charge in [0.15, 0.2) is 6.29 Å². The maximum Gasteiger partial charge on any atom is 0.151 e. The molecule has 0 radical (unpaired) electrons. The Morgan fingerprint density at radius 1 is 1.18 bits per heavy atom. The van der Waals surface area contributed by atoms with Gasteiger partial charge < -0.3 is 0 Å². The second-order valence-electron chi connectivity index (χ2n) is 3.70. The van der Waals surface area contributed by atoms with Crippen molar-refractivity contribution in [1.82, 2.24) is 14.5 Å². The van der Waals surface area contributed by atoms with Gasteiger partial charge in [-0.15, -0.1) is 0 Å². The van der Waals surface area contributed by atoms with Crippen LogP contribution in [-0.4, -0.2) is 20.8 Å². The van der Waals surface area contributed by atoms with Gasteiger partial charge in [0, 0.05) is 11.8 Å². The average Bonchev–Trinajstić information content (AvgIpc) is 2.82. The Kier molecular flexibility index (Phi) is 2.19. The SMILES string of the molecule is O=Cc1cncc(-n2cnc3ccccc32)c1. The highest BCUT2D eigenvalue weighted by Crippen LogP contribution is 2.17. The van der Waals surface area contributed by atoms with E-state index in [4.69, 9.17) is 0 Å². The Hall–Kier alpha value is -2.49. The van der Waals surface area contributed by atoms with E-state index in [1.807, 2.05) is 28.8 Å². The van der Waals surface area contributed by atoms with E-state index in [9.17, 15) is 4.79 Å². The summed E-state index contributed by atoms with van der Waals surface area (Å²) in [5, 5.41) is 0. The highest BCUT2D eigenvalue weighted by molar-refractivity contribution is 5.79. The molecule has 0 aliphatic rings. The topological polar surface area (TPSA) is 47.8 Å². The maximum atomic E-state index is 10.7. The molecule has 4 nitrogen and oxygen atoms in total. The molecule has 0 bridgehead atoms. The molecule has 0 saturated carbocycles. The fraction of sp³-hybridized carbons (Fsp3) is 0. The number of hydrogen-bond donors (Lipinski definition) is 0. The summed E-state index contributed by atoms with van der Waals surface area (Å²) in [6.45, 7) is 0. The van der Waals surface area contributed by atoms with E-state index in [-0.39, 0.29) is 0 Å². The third-order valence-electron chi connectivity index (χ3n) is 2.61. The molecule has 0 unspecified atom stereocenters. The lowest BCUT2D eigenvalue weighted by atomic mass is 10.2. The number of aromatic nitrogens is 3. The molecule has 3 rings (SSSR count). The Morgan fingerprint density at radius 3 is 2.94 bits per heavy atom. The number of para-hydroxylation sites is 2. The lowest BCUT2D eigenvalue weighted by Crippen LogP contribution is -1.94. The van der Waals surface area contributed by atoms with Crippen molar-refractivity contribution in [2.45, 2.75) is 0 Å². The fourth-order valence-electron chi connectivity index (χ4n) is 1.81. The minimum absolute atomic E-state index is 0.556. The molecule has 0 amide bonds. The van der Waals surface area contributed by atoms with Crippen molar-refractivity contribution in [2.24, 2.45) is 0 Å². The minimum atomic E-state index is 0.556. The van der Waals surface area contributed by atoms with Crippen molar-refractivity contribution in [3.8, 4) is 5.69 Å². The van der Waals surface area contributed by atoms with Crippen LogP contribution in [-0.2, 0) is 0 Å². The fourth-order valence-corrected chi connectivity index (χ4v) is 1.81. The number of imidazole rings is 1. The molecule has 0 fully saturated rings. The number of fused-ring (bicyclic) bond motifs is 1. The molecule has 0 aliphatic heterocycles. The number of nitrogens with zero attached hydrogens (tertiary/aromatic N) is 3. The summed E-state index contributed by atoms with van der Waals surface area (Å²) < 4.78 is 1.91. The summed E-state index contributed by atoms with van der Waals surface area (Å²) in [4.78, 5) is 19.1. The Labute approximate surface area is 97.6 Å². The van der Waals surface area contributed by atoms with Gasteiger partial charge in [-0.25, -0.2) is 4.98 Å². The van der Waals surface area contributed by atoms with Gasteiger partial charge in [0.1, 0.15) is 6.33 Å². The van der Waals surface area contributed by atoms with Gasteiger partial charge in [-0.3, -0.25) is 14.3 Å². The van der Waals surface area contributed by atoms with E-state index >= 15 is 0 Å². The molecule has 0 atom stereocenters. The Morgan fingerprint density at radius 2 is 2.06 bits per heavy atom. The molecule has 2 heterocycles. The van der Waals surface area contributed by atoms with Crippen LogP contribution < -0.4 is 0 Å². The summed E-state index contributed by atoms with van der Waals surface area (Å²) in [6, 6.07) is 9.62. The van der Waals surface area contributed by atoms with Gasteiger partial charge in [0.25, 0.3) is 0 Å². The molecule has 0 saturated heterocycles. The molecule has 0 aliphatic carbocycles. The van der Waals surface area contributed by atoms with E-state index in [2.05, 4.69) is 9.97 Å². The molecular weight excluding hydrogens is 214 g/mol. The highest BCUT2D eigenvalue weighted by atomic mass is 16.1. The van der Waals surface area contributed by atoms with E-state index in [1.54, 1.807) is 18.6 Å². The zero-order valence-corrected chi connectivity index (χ0v) is 8.95. The van der Waals surface area contributed by atoms with E-state index in [0.29, 0.717) is 5.56 Å². The largest absolute Gasteiger partial charge is 0.298 e. The second kappa shape index (κ2) is 3.83. The van der Waals surface area contributed by atoms with Crippen LogP contribution >= 0.6 is 0 Å². The van der Waals surface area contributed by atoms with Gasteiger partial charge in [0.05, 0.1) is 22.9 Å². The van der Waals surface area contributed by atoms with E-state index < -0.39 is 0 Å². The Bertz CT molecular complexity index is 688. The lowest BCUT2D eigenvalue weighted by molar-refractivity contribution is 0.112. The lowest BCUT2D eigenvalue weighted by Gasteiger charge is -2.03. The summed E-state index contributed by atoms with van der Waals surface area (Å²) in [5.41, 5.74) is 3.31. The smallest absolute Gasteiger partial charge is 0.151 e. The molecule has 4 heteroatoms. The van der Waals surface area contributed by atoms with E-state index in [1.165, 1.54) is 6.20 Å². The number of hydrogen-bond acceptors (Lipinski definition) is 3. The summed E-state index contributed by atoms with van der Waals surface area (Å²) >= 11 is 0. The third kappa shape index (κ3) is 1.59. The number of carbonyl (C=O) groups is 1. The van der Waals surface area contributed by atoms with Crippen molar-refractivity contribution in [1.29, 1.82) is 0 Å². The summed E-state index contributed by atoms with van der Waals surface area (Å²) in [7, 11) is 0. The molecule has 17 heavy (non-hydrogen) atoms. The first-order valence-corrected chi connectivity index (χ1v) is 5.21. The molecule has 2 aromatic heterocycles.